The summed E-state index contributed by atoms with van der Waals surface area (Å²) in [5, 5.41) is 7.79. The fourth-order valence-electron chi connectivity index (χ4n) is 2.91. The highest BCUT2D eigenvalue weighted by Crippen LogP contribution is 2.29. The van der Waals surface area contributed by atoms with Crippen LogP contribution in [0.3, 0.4) is 0 Å². The number of nitrogens with one attached hydrogen (secondary N) is 2. The molecule has 0 aliphatic rings. The molecule has 31 heavy (non-hydrogen) atoms. The second-order valence-corrected chi connectivity index (χ2v) is 10.2. The Morgan fingerprint density at radius 3 is 2.45 bits per heavy atom. The van der Waals surface area contributed by atoms with Crippen LogP contribution in [0.5, 0.6) is 0 Å². The molecule has 8 nitrogen and oxygen atoms in total. The summed E-state index contributed by atoms with van der Waals surface area (Å²) in [7, 11) is -3.85. The molecule has 2 heterocycles. The zero-order valence-corrected chi connectivity index (χ0v) is 18.3. The first-order valence-electron chi connectivity index (χ1n) is 8.95. The predicted molar refractivity (Wildman–Crippen MR) is 122 cm³/mol. The van der Waals surface area contributed by atoms with Crippen molar-refractivity contribution in [1.82, 2.24) is 4.98 Å². The number of nitrogens with zero attached hydrogens (tertiary/aromatic N) is 1. The van der Waals surface area contributed by atoms with Crippen LogP contribution < -0.4 is 15.8 Å². The Bertz CT molecular complexity index is 1380. The van der Waals surface area contributed by atoms with Gasteiger partial charge in [-0.3, -0.25) is 19.6 Å². The third-order valence-electron chi connectivity index (χ3n) is 4.26. The van der Waals surface area contributed by atoms with Crippen LogP contribution in [0, 0.1) is 0 Å². The van der Waals surface area contributed by atoms with Crippen LogP contribution in [0.15, 0.2) is 63.5 Å². The van der Waals surface area contributed by atoms with E-state index in [9.17, 15) is 18.0 Å². The minimum Gasteiger partial charge on any atom is -0.369 e. The second-order valence-electron chi connectivity index (χ2n) is 6.52. The van der Waals surface area contributed by atoms with Crippen molar-refractivity contribution in [2.24, 2.45) is 5.73 Å². The molecule has 2 aromatic heterocycles. The number of nitrogens with two attached hydrogens (primary N) is 1. The number of primary amides is 1. The van der Waals surface area contributed by atoms with E-state index in [1.54, 1.807) is 29.0 Å². The van der Waals surface area contributed by atoms with Gasteiger partial charge in [0.2, 0.25) is 5.91 Å². The second kappa shape index (κ2) is 8.46. The summed E-state index contributed by atoms with van der Waals surface area (Å²) in [5.74, 6) is -1.06. The van der Waals surface area contributed by atoms with Crippen molar-refractivity contribution in [2.45, 2.75) is 10.6 Å². The predicted octanol–water partition coefficient (Wildman–Crippen LogP) is 3.44. The summed E-state index contributed by atoms with van der Waals surface area (Å²) >= 11 is 2.23. The Balaban J connectivity index is 1.70. The van der Waals surface area contributed by atoms with Crippen LogP contribution >= 0.6 is 22.7 Å². The van der Waals surface area contributed by atoms with Gasteiger partial charge in [0, 0.05) is 5.38 Å². The van der Waals surface area contributed by atoms with Gasteiger partial charge in [0.05, 0.1) is 23.4 Å². The van der Waals surface area contributed by atoms with Crippen LogP contribution in [-0.4, -0.2) is 25.2 Å². The number of fused-ring (bicyclic) bond motifs is 1. The van der Waals surface area contributed by atoms with Crippen molar-refractivity contribution in [1.29, 1.82) is 0 Å². The maximum absolute atomic E-state index is 13.0. The van der Waals surface area contributed by atoms with E-state index in [1.165, 1.54) is 6.07 Å². The molecule has 0 fully saturated rings. The first kappa shape index (κ1) is 21.0. The minimum absolute atomic E-state index is 0.0335. The van der Waals surface area contributed by atoms with Gasteiger partial charge in [-0.05, 0) is 34.4 Å². The van der Waals surface area contributed by atoms with Gasteiger partial charge >= 0.3 is 0 Å². The smallest absolute Gasteiger partial charge is 0.271 e. The minimum atomic E-state index is -3.85. The Kier molecular flexibility index (Phi) is 5.72. The van der Waals surface area contributed by atoms with Crippen LogP contribution in [0.4, 0.5) is 10.8 Å². The molecule has 0 aliphatic heterocycles. The fraction of sp³-hybridized carbons (Fsp3) is 0.0500. The Morgan fingerprint density at radius 2 is 1.77 bits per heavy atom. The van der Waals surface area contributed by atoms with E-state index in [4.69, 9.17) is 5.73 Å². The quantitative estimate of drug-likeness (QED) is 0.379. The number of carbonyl (C=O) groups is 2. The highest BCUT2D eigenvalue weighted by Gasteiger charge is 2.21. The largest absolute Gasteiger partial charge is 0.369 e. The average molecular weight is 473 g/mol. The number of rotatable bonds is 7. The normalized spacial score (nSPS) is 11.4. The van der Waals surface area contributed by atoms with Crippen molar-refractivity contribution < 1.29 is 18.0 Å². The summed E-state index contributed by atoms with van der Waals surface area (Å²) in [6.07, 6.45) is -0.0335. The van der Waals surface area contributed by atoms with Gasteiger partial charge in [0.15, 0.2) is 5.13 Å². The number of carbonyl (C=O) groups excluding carboxylic acids is 2. The van der Waals surface area contributed by atoms with E-state index < -0.39 is 21.8 Å². The molecule has 0 saturated heterocycles. The highest BCUT2D eigenvalue weighted by atomic mass is 32.2. The highest BCUT2D eigenvalue weighted by molar-refractivity contribution is 7.94. The van der Waals surface area contributed by atoms with E-state index in [2.05, 4.69) is 15.0 Å². The molecule has 0 radical (unpaired) electrons. The summed E-state index contributed by atoms with van der Waals surface area (Å²) < 4.78 is 28.2. The van der Waals surface area contributed by atoms with Crippen LogP contribution in [0.25, 0.3) is 10.8 Å². The monoisotopic (exact) mass is 472 g/mol. The molecule has 2 amide bonds. The number of hydrogen-bond donors (Lipinski definition) is 3. The van der Waals surface area contributed by atoms with E-state index >= 15 is 0 Å². The van der Waals surface area contributed by atoms with Gasteiger partial charge in [0.1, 0.15) is 4.21 Å². The van der Waals surface area contributed by atoms with Gasteiger partial charge in [0.25, 0.3) is 15.9 Å². The van der Waals surface area contributed by atoms with E-state index in [1.807, 2.05) is 24.3 Å². The lowest BCUT2D eigenvalue weighted by Gasteiger charge is -2.13. The zero-order valence-electron chi connectivity index (χ0n) is 15.9. The van der Waals surface area contributed by atoms with Crippen molar-refractivity contribution in [3.05, 3.63) is 70.5 Å². The lowest BCUT2D eigenvalue weighted by molar-refractivity contribution is -0.117. The number of benzene rings is 2. The summed E-state index contributed by atoms with van der Waals surface area (Å²) in [4.78, 5) is 28.2. The van der Waals surface area contributed by atoms with Gasteiger partial charge in [-0.1, -0.05) is 30.3 Å². The third-order valence-corrected chi connectivity index (χ3v) is 7.83. The SMILES string of the molecule is NC(=O)Cc1csc(NC(=O)c2cc3ccccc3cc2NS(=O)(=O)c2cccs2)n1. The molecule has 2 aromatic carbocycles. The molecule has 0 bridgehead atoms. The topological polar surface area (TPSA) is 131 Å². The summed E-state index contributed by atoms with van der Waals surface area (Å²) in [6, 6.07) is 13.7. The number of thiazole rings is 1. The molecular weight excluding hydrogens is 456 g/mol. The Labute approximate surface area is 185 Å². The summed E-state index contributed by atoms with van der Waals surface area (Å²) in [5.41, 5.74) is 5.92. The third kappa shape index (κ3) is 4.74. The van der Waals surface area contributed by atoms with Crippen molar-refractivity contribution in [3.63, 3.8) is 0 Å². The summed E-state index contributed by atoms with van der Waals surface area (Å²) in [6.45, 7) is 0. The fourth-order valence-corrected chi connectivity index (χ4v) is 5.68. The van der Waals surface area contributed by atoms with Gasteiger partial charge in [-0.2, -0.15) is 0 Å². The maximum atomic E-state index is 13.0. The number of thiophene rings is 1. The molecule has 4 rings (SSSR count). The van der Waals surface area contributed by atoms with Gasteiger partial charge in [-0.25, -0.2) is 13.4 Å². The molecule has 0 saturated carbocycles. The molecule has 11 heteroatoms. The number of anilines is 2. The Morgan fingerprint density at radius 1 is 1.03 bits per heavy atom. The maximum Gasteiger partial charge on any atom is 0.271 e. The molecule has 0 atom stereocenters. The average Bonchev–Trinajstić information content (AvgIpc) is 3.39. The first-order chi connectivity index (χ1) is 14.8. The first-order valence-corrected chi connectivity index (χ1v) is 12.2. The zero-order chi connectivity index (χ0) is 22.0. The molecule has 4 aromatic rings. The van der Waals surface area contributed by atoms with Crippen LogP contribution in [0.1, 0.15) is 16.1 Å². The number of amides is 2. The van der Waals surface area contributed by atoms with Crippen molar-refractivity contribution >= 4 is 66.1 Å². The molecular formula is C20H16N4O4S3. The van der Waals surface area contributed by atoms with E-state index in [0.29, 0.717) is 5.69 Å². The van der Waals surface area contributed by atoms with Crippen LogP contribution in [0.2, 0.25) is 0 Å². The van der Waals surface area contributed by atoms with E-state index in [-0.39, 0.29) is 27.0 Å². The molecule has 0 spiro atoms. The van der Waals surface area contributed by atoms with Crippen molar-refractivity contribution in [3.8, 4) is 0 Å². The van der Waals surface area contributed by atoms with Gasteiger partial charge < -0.3 is 5.73 Å². The number of sulfonamides is 1. The number of aromatic nitrogens is 1. The Hall–Kier alpha value is -3.28. The van der Waals surface area contributed by atoms with Gasteiger partial charge in [-0.15, -0.1) is 22.7 Å². The lowest BCUT2D eigenvalue weighted by Crippen LogP contribution is -2.18. The number of hydrogen-bond acceptors (Lipinski definition) is 7. The molecule has 0 unspecified atom stereocenters. The van der Waals surface area contributed by atoms with E-state index in [0.717, 1.165) is 33.4 Å². The molecule has 158 valence electrons. The lowest BCUT2D eigenvalue weighted by atomic mass is 10.0. The molecule has 4 N–H and O–H groups in total. The molecule has 0 aliphatic carbocycles. The van der Waals surface area contributed by atoms with Crippen LogP contribution in [-0.2, 0) is 21.2 Å². The standard InChI is InChI=1S/C20H16N4O4S3/c21-17(25)10-14-11-30-20(22-14)23-19(26)15-8-12-4-1-2-5-13(12)9-16(15)24-31(27,28)18-6-3-7-29-18/h1-9,11,24H,10H2,(H2,21,25)(H,22,23,26). The van der Waals surface area contributed by atoms with Crippen molar-refractivity contribution in [2.75, 3.05) is 10.0 Å².